The number of likely N-dealkylation sites (tertiary alicyclic amines) is 1. The Morgan fingerprint density at radius 1 is 1.27 bits per heavy atom. The molecule has 0 saturated carbocycles. The van der Waals surface area contributed by atoms with Gasteiger partial charge in [0.25, 0.3) is 5.91 Å². The van der Waals surface area contributed by atoms with Gasteiger partial charge in [0.15, 0.2) is 5.76 Å². The molecule has 2 aromatic rings. The number of aryl methyl sites for hydroxylation is 3. The van der Waals surface area contributed by atoms with E-state index in [0.717, 1.165) is 53.5 Å². The zero-order valence-corrected chi connectivity index (χ0v) is 13.6. The van der Waals surface area contributed by atoms with E-state index in [9.17, 15) is 4.79 Å². The van der Waals surface area contributed by atoms with Crippen LogP contribution in [0.2, 0.25) is 0 Å². The molecule has 4 nitrogen and oxygen atoms in total. The number of fused-ring (bicyclic) bond motifs is 1. The maximum absolute atomic E-state index is 13.0. The Hall–Kier alpha value is -1.81. The fourth-order valence-corrected chi connectivity index (χ4v) is 3.52. The van der Waals surface area contributed by atoms with Crippen molar-refractivity contribution in [3.8, 4) is 0 Å². The number of benzene rings is 1. The van der Waals surface area contributed by atoms with Crippen molar-refractivity contribution in [2.24, 2.45) is 5.73 Å². The third-order valence-electron chi connectivity index (χ3n) is 4.84. The Morgan fingerprint density at radius 3 is 2.68 bits per heavy atom. The van der Waals surface area contributed by atoms with Crippen LogP contribution in [-0.4, -0.2) is 29.9 Å². The molecule has 1 unspecified atom stereocenters. The van der Waals surface area contributed by atoms with Gasteiger partial charge in [-0.3, -0.25) is 4.79 Å². The van der Waals surface area contributed by atoms with Gasteiger partial charge in [0, 0.05) is 30.1 Å². The summed E-state index contributed by atoms with van der Waals surface area (Å²) in [5.41, 5.74) is 9.84. The third kappa shape index (κ3) is 2.31. The Morgan fingerprint density at radius 2 is 2.00 bits per heavy atom. The van der Waals surface area contributed by atoms with E-state index in [2.05, 4.69) is 13.0 Å². The zero-order valence-electron chi connectivity index (χ0n) is 13.6. The normalized spacial score (nSPS) is 18.9. The van der Waals surface area contributed by atoms with Crippen LogP contribution in [0.25, 0.3) is 11.0 Å². The van der Waals surface area contributed by atoms with Gasteiger partial charge in [-0.2, -0.15) is 0 Å². The molecular formula is C18H24N2O2. The quantitative estimate of drug-likeness (QED) is 0.925. The Kier molecular flexibility index (Phi) is 3.96. The number of nitrogens with zero attached hydrogens (tertiary/aromatic N) is 1. The summed E-state index contributed by atoms with van der Waals surface area (Å²) in [5.74, 6) is 0.468. The van der Waals surface area contributed by atoms with Crippen molar-refractivity contribution in [1.82, 2.24) is 4.90 Å². The number of carbonyl (C=O) groups is 1. The van der Waals surface area contributed by atoms with Gasteiger partial charge in [-0.25, -0.2) is 0 Å². The predicted octanol–water partition coefficient (Wildman–Crippen LogP) is 3.31. The molecule has 0 spiro atoms. The SMILES string of the molecule is Cc1ccc(C)c2c(C)c(C(=O)N3CCCCC3CN)oc12. The second-order valence-corrected chi connectivity index (χ2v) is 6.34. The van der Waals surface area contributed by atoms with E-state index in [-0.39, 0.29) is 11.9 Å². The molecule has 1 saturated heterocycles. The molecule has 0 radical (unpaired) electrons. The molecule has 1 aliphatic rings. The van der Waals surface area contributed by atoms with Crippen molar-refractivity contribution in [3.63, 3.8) is 0 Å². The van der Waals surface area contributed by atoms with E-state index < -0.39 is 0 Å². The maximum Gasteiger partial charge on any atom is 0.290 e. The van der Waals surface area contributed by atoms with E-state index in [1.165, 1.54) is 0 Å². The van der Waals surface area contributed by atoms with E-state index in [1.807, 2.05) is 24.8 Å². The Bertz CT molecular complexity index is 717. The molecule has 3 rings (SSSR count). The molecule has 1 atom stereocenters. The van der Waals surface area contributed by atoms with E-state index >= 15 is 0 Å². The summed E-state index contributed by atoms with van der Waals surface area (Å²) < 4.78 is 5.99. The highest BCUT2D eigenvalue weighted by atomic mass is 16.3. The topological polar surface area (TPSA) is 59.5 Å². The molecule has 1 fully saturated rings. The number of carbonyl (C=O) groups excluding carboxylic acids is 1. The largest absolute Gasteiger partial charge is 0.450 e. The van der Waals surface area contributed by atoms with Crippen molar-refractivity contribution in [1.29, 1.82) is 0 Å². The number of hydrogen-bond donors (Lipinski definition) is 1. The van der Waals surface area contributed by atoms with Crippen molar-refractivity contribution in [2.75, 3.05) is 13.1 Å². The van der Waals surface area contributed by atoms with Crippen LogP contribution in [0.1, 0.15) is 46.5 Å². The van der Waals surface area contributed by atoms with Crippen LogP contribution in [0, 0.1) is 20.8 Å². The van der Waals surface area contributed by atoms with Gasteiger partial charge in [-0.15, -0.1) is 0 Å². The fourth-order valence-electron chi connectivity index (χ4n) is 3.52. The second kappa shape index (κ2) is 5.76. The summed E-state index contributed by atoms with van der Waals surface area (Å²) in [6.45, 7) is 7.34. The summed E-state index contributed by atoms with van der Waals surface area (Å²) in [5, 5.41) is 1.07. The lowest BCUT2D eigenvalue weighted by atomic mass is 10.0. The average molecular weight is 300 g/mol. The van der Waals surface area contributed by atoms with Crippen LogP contribution in [0.15, 0.2) is 16.5 Å². The standard InChI is InChI=1S/C18H24N2O2/c1-11-7-8-12(2)16-15(11)13(3)17(22-16)18(21)20-9-5-4-6-14(20)10-19/h7-8,14H,4-6,9-10,19H2,1-3H3. The summed E-state index contributed by atoms with van der Waals surface area (Å²) in [7, 11) is 0. The number of furan rings is 1. The molecule has 1 aromatic heterocycles. The Labute approximate surface area is 131 Å². The minimum atomic E-state index is -0.0114. The maximum atomic E-state index is 13.0. The lowest BCUT2D eigenvalue weighted by Gasteiger charge is -2.34. The Balaban J connectivity index is 2.06. The van der Waals surface area contributed by atoms with E-state index in [1.54, 1.807) is 0 Å². The molecule has 22 heavy (non-hydrogen) atoms. The first kappa shape index (κ1) is 15.1. The van der Waals surface area contributed by atoms with Gasteiger partial charge in [-0.1, -0.05) is 12.1 Å². The van der Waals surface area contributed by atoms with Crippen LogP contribution in [0.3, 0.4) is 0 Å². The van der Waals surface area contributed by atoms with Gasteiger partial charge in [0.2, 0.25) is 0 Å². The van der Waals surface area contributed by atoms with Crippen molar-refractivity contribution < 1.29 is 9.21 Å². The first-order valence-corrected chi connectivity index (χ1v) is 8.05. The van der Waals surface area contributed by atoms with Crippen LogP contribution in [0.5, 0.6) is 0 Å². The minimum absolute atomic E-state index is 0.0114. The van der Waals surface area contributed by atoms with E-state index in [4.69, 9.17) is 10.2 Å². The summed E-state index contributed by atoms with van der Waals surface area (Å²) in [6, 6.07) is 4.26. The third-order valence-corrected chi connectivity index (χ3v) is 4.84. The van der Waals surface area contributed by atoms with Gasteiger partial charge >= 0.3 is 0 Å². The van der Waals surface area contributed by atoms with Crippen molar-refractivity contribution >= 4 is 16.9 Å². The molecule has 1 aromatic carbocycles. The fraction of sp³-hybridized carbons (Fsp3) is 0.500. The minimum Gasteiger partial charge on any atom is -0.450 e. The molecular weight excluding hydrogens is 276 g/mol. The number of piperidine rings is 1. The summed E-state index contributed by atoms with van der Waals surface area (Å²) in [6.07, 6.45) is 3.17. The van der Waals surface area contributed by atoms with Crippen LogP contribution < -0.4 is 5.73 Å². The summed E-state index contributed by atoms with van der Waals surface area (Å²) in [4.78, 5) is 14.9. The van der Waals surface area contributed by atoms with Crippen LogP contribution in [0.4, 0.5) is 0 Å². The van der Waals surface area contributed by atoms with Gasteiger partial charge < -0.3 is 15.1 Å². The second-order valence-electron chi connectivity index (χ2n) is 6.34. The lowest BCUT2D eigenvalue weighted by Crippen LogP contribution is -2.47. The van der Waals surface area contributed by atoms with Gasteiger partial charge in [0.1, 0.15) is 5.58 Å². The molecule has 4 heteroatoms. The number of amides is 1. The van der Waals surface area contributed by atoms with Crippen molar-refractivity contribution in [3.05, 3.63) is 34.6 Å². The predicted molar refractivity (Wildman–Crippen MR) is 88.2 cm³/mol. The number of hydrogen-bond acceptors (Lipinski definition) is 3. The highest BCUT2D eigenvalue weighted by Crippen LogP contribution is 2.32. The first-order chi connectivity index (χ1) is 10.5. The molecule has 0 aliphatic carbocycles. The average Bonchev–Trinajstić information content (AvgIpc) is 2.89. The number of nitrogens with two attached hydrogens (primary N) is 1. The van der Waals surface area contributed by atoms with E-state index in [0.29, 0.717) is 12.3 Å². The molecule has 2 N–H and O–H groups in total. The van der Waals surface area contributed by atoms with Crippen LogP contribution >= 0.6 is 0 Å². The lowest BCUT2D eigenvalue weighted by molar-refractivity contribution is 0.0592. The number of rotatable bonds is 2. The van der Waals surface area contributed by atoms with Crippen LogP contribution in [-0.2, 0) is 0 Å². The zero-order chi connectivity index (χ0) is 15.9. The first-order valence-electron chi connectivity index (χ1n) is 8.05. The molecule has 0 bridgehead atoms. The summed E-state index contributed by atoms with van der Waals surface area (Å²) >= 11 is 0. The molecule has 118 valence electrons. The highest BCUT2D eigenvalue weighted by molar-refractivity contribution is 6.00. The highest BCUT2D eigenvalue weighted by Gasteiger charge is 2.30. The van der Waals surface area contributed by atoms with Crippen molar-refractivity contribution in [2.45, 2.75) is 46.1 Å². The smallest absolute Gasteiger partial charge is 0.290 e. The van der Waals surface area contributed by atoms with Gasteiger partial charge in [0.05, 0.1) is 0 Å². The monoisotopic (exact) mass is 300 g/mol. The molecule has 1 aliphatic heterocycles. The van der Waals surface area contributed by atoms with Gasteiger partial charge in [-0.05, 0) is 51.2 Å². The molecule has 1 amide bonds. The molecule has 2 heterocycles.